The van der Waals surface area contributed by atoms with E-state index in [1.807, 2.05) is 43.3 Å². The zero-order valence-electron chi connectivity index (χ0n) is 17.6. The molecule has 0 fully saturated rings. The third kappa shape index (κ3) is 5.23. The lowest BCUT2D eigenvalue weighted by atomic mass is 9.98. The number of hydrogen-bond donors (Lipinski definition) is 1. The van der Waals surface area contributed by atoms with Crippen molar-refractivity contribution >= 4 is 5.97 Å². The largest absolute Gasteiger partial charge is 0.478 e. The van der Waals surface area contributed by atoms with Gasteiger partial charge in [-0.1, -0.05) is 61.5 Å². The molecule has 0 amide bonds. The van der Waals surface area contributed by atoms with Gasteiger partial charge in [0, 0.05) is 12.8 Å². The number of benzene rings is 2. The molecule has 3 rings (SSSR count). The lowest BCUT2D eigenvalue weighted by Gasteiger charge is -2.10. The first-order chi connectivity index (χ1) is 14.9. The van der Waals surface area contributed by atoms with Gasteiger partial charge in [0.2, 0.25) is 5.82 Å². The molecule has 0 saturated carbocycles. The van der Waals surface area contributed by atoms with Crippen molar-refractivity contribution in [1.29, 1.82) is 0 Å². The van der Waals surface area contributed by atoms with Crippen LogP contribution in [-0.4, -0.2) is 25.8 Å². The molecule has 0 radical (unpaired) electrons. The van der Waals surface area contributed by atoms with E-state index in [0.717, 1.165) is 11.1 Å². The number of nitrogens with zero attached hydrogens (tertiary/aromatic N) is 3. The number of carboxylic acid groups (broad SMARTS) is 1. The van der Waals surface area contributed by atoms with Crippen molar-refractivity contribution in [3.05, 3.63) is 83.5 Å². The summed E-state index contributed by atoms with van der Waals surface area (Å²) in [6, 6.07) is 14.2. The predicted octanol–water partition coefficient (Wildman–Crippen LogP) is 5.70. The van der Waals surface area contributed by atoms with Gasteiger partial charge in [0.05, 0.1) is 12.1 Å². The number of carboxylic acids is 1. The molecule has 1 aromatic heterocycles. The fourth-order valence-electron chi connectivity index (χ4n) is 3.34. The molecule has 31 heavy (non-hydrogen) atoms. The van der Waals surface area contributed by atoms with Crippen LogP contribution in [0.3, 0.4) is 0 Å². The fourth-order valence-corrected chi connectivity index (χ4v) is 3.34. The van der Waals surface area contributed by atoms with Gasteiger partial charge in [0.15, 0.2) is 0 Å². The van der Waals surface area contributed by atoms with E-state index >= 15 is 0 Å². The van der Waals surface area contributed by atoms with E-state index in [0.29, 0.717) is 30.8 Å². The molecule has 0 bridgehead atoms. The third-order valence-electron chi connectivity index (χ3n) is 4.94. The SMILES string of the molecule is C/C=C/Cn1nc(C(F)(F)CCC)nc1Cc1ccc(-c2ccccc2C(=O)O)cc1. The Morgan fingerprint density at radius 2 is 1.87 bits per heavy atom. The summed E-state index contributed by atoms with van der Waals surface area (Å²) in [4.78, 5) is 15.6. The van der Waals surface area contributed by atoms with E-state index in [1.165, 1.54) is 4.68 Å². The zero-order valence-corrected chi connectivity index (χ0v) is 17.6. The molecule has 162 valence electrons. The fraction of sp³-hybridized carbons (Fsp3) is 0.292. The van der Waals surface area contributed by atoms with Crippen LogP contribution in [0.15, 0.2) is 60.7 Å². The summed E-state index contributed by atoms with van der Waals surface area (Å²) in [5.74, 6) is -4.03. The monoisotopic (exact) mass is 425 g/mol. The predicted molar refractivity (Wildman–Crippen MR) is 115 cm³/mol. The van der Waals surface area contributed by atoms with Gasteiger partial charge >= 0.3 is 11.9 Å². The van der Waals surface area contributed by atoms with E-state index in [9.17, 15) is 18.7 Å². The summed E-state index contributed by atoms with van der Waals surface area (Å²) >= 11 is 0. The number of carbonyl (C=O) groups is 1. The molecule has 0 saturated heterocycles. The summed E-state index contributed by atoms with van der Waals surface area (Å²) in [7, 11) is 0. The average Bonchev–Trinajstić information content (AvgIpc) is 3.16. The lowest BCUT2D eigenvalue weighted by Crippen LogP contribution is -2.15. The topological polar surface area (TPSA) is 68.0 Å². The normalized spacial score (nSPS) is 11.9. The molecule has 5 nitrogen and oxygen atoms in total. The lowest BCUT2D eigenvalue weighted by molar-refractivity contribution is -0.0232. The highest BCUT2D eigenvalue weighted by atomic mass is 19.3. The van der Waals surface area contributed by atoms with Crippen LogP contribution in [0.25, 0.3) is 11.1 Å². The van der Waals surface area contributed by atoms with Crippen molar-refractivity contribution in [2.45, 2.75) is 45.6 Å². The van der Waals surface area contributed by atoms with Gasteiger partial charge in [-0.3, -0.25) is 0 Å². The van der Waals surface area contributed by atoms with Gasteiger partial charge in [-0.2, -0.15) is 8.78 Å². The Labute approximate surface area is 180 Å². The van der Waals surface area contributed by atoms with Crippen molar-refractivity contribution < 1.29 is 18.7 Å². The average molecular weight is 425 g/mol. The number of hydrogen-bond acceptors (Lipinski definition) is 3. The van der Waals surface area contributed by atoms with E-state index in [4.69, 9.17) is 0 Å². The Kier molecular flexibility index (Phi) is 6.95. The molecule has 1 N–H and O–H groups in total. The first-order valence-corrected chi connectivity index (χ1v) is 10.2. The minimum atomic E-state index is -3.06. The summed E-state index contributed by atoms with van der Waals surface area (Å²) in [6.07, 6.45) is 4.06. The van der Waals surface area contributed by atoms with Crippen molar-refractivity contribution in [2.75, 3.05) is 0 Å². The number of halogens is 2. The third-order valence-corrected chi connectivity index (χ3v) is 4.94. The highest BCUT2D eigenvalue weighted by molar-refractivity contribution is 5.95. The van der Waals surface area contributed by atoms with E-state index in [2.05, 4.69) is 10.1 Å². The molecule has 3 aromatic rings. The van der Waals surface area contributed by atoms with Crippen molar-refractivity contribution in [3.63, 3.8) is 0 Å². The van der Waals surface area contributed by atoms with Crippen LogP contribution in [0, 0.1) is 0 Å². The summed E-state index contributed by atoms with van der Waals surface area (Å²) < 4.78 is 30.2. The maximum absolute atomic E-state index is 14.4. The Hall–Kier alpha value is -3.35. The van der Waals surface area contributed by atoms with E-state index in [-0.39, 0.29) is 12.0 Å². The minimum Gasteiger partial charge on any atom is -0.478 e. The summed E-state index contributed by atoms with van der Waals surface area (Å²) in [5, 5.41) is 13.5. The van der Waals surface area contributed by atoms with E-state index < -0.39 is 17.7 Å². The van der Waals surface area contributed by atoms with Crippen molar-refractivity contribution in [2.24, 2.45) is 0 Å². The number of alkyl halides is 2. The van der Waals surface area contributed by atoms with Gasteiger partial charge in [-0.25, -0.2) is 14.5 Å². The smallest absolute Gasteiger partial charge is 0.336 e. The van der Waals surface area contributed by atoms with Crippen LogP contribution in [-0.2, 0) is 18.9 Å². The first-order valence-electron chi connectivity index (χ1n) is 10.2. The molecule has 0 atom stereocenters. The Morgan fingerprint density at radius 1 is 1.16 bits per heavy atom. The van der Waals surface area contributed by atoms with Crippen LogP contribution in [0.4, 0.5) is 8.78 Å². The molecule has 7 heteroatoms. The van der Waals surface area contributed by atoms with Gasteiger partial charge in [0.1, 0.15) is 5.82 Å². The second kappa shape index (κ2) is 9.64. The Morgan fingerprint density at radius 3 is 2.52 bits per heavy atom. The van der Waals surface area contributed by atoms with Gasteiger partial charge < -0.3 is 5.11 Å². The van der Waals surface area contributed by atoms with Crippen LogP contribution in [0.1, 0.15) is 54.3 Å². The number of aromatic nitrogens is 3. The molecule has 1 heterocycles. The highest BCUT2D eigenvalue weighted by Gasteiger charge is 2.36. The second-order valence-electron chi connectivity index (χ2n) is 7.28. The van der Waals surface area contributed by atoms with Crippen LogP contribution >= 0.6 is 0 Å². The second-order valence-corrected chi connectivity index (χ2v) is 7.28. The van der Waals surface area contributed by atoms with Crippen molar-refractivity contribution in [1.82, 2.24) is 14.8 Å². The minimum absolute atomic E-state index is 0.226. The maximum atomic E-state index is 14.4. The number of allylic oxidation sites excluding steroid dienone is 2. The molecular weight excluding hydrogens is 400 g/mol. The van der Waals surface area contributed by atoms with E-state index in [1.54, 1.807) is 31.2 Å². The Balaban J connectivity index is 1.89. The molecule has 0 aliphatic heterocycles. The first kappa shape index (κ1) is 22.3. The van der Waals surface area contributed by atoms with Gasteiger partial charge in [-0.05, 0) is 36.1 Å². The standard InChI is InChI=1S/C24H25F2N3O2/c1-3-5-15-29-21(27-23(28-29)24(25,26)14-4-2)16-17-10-12-18(13-11-17)19-8-6-7-9-20(19)22(30)31/h3,5-13H,4,14-16H2,1-2H3,(H,30,31)/b5-3+. The van der Waals surface area contributed by atoms with Crippen LogP contribution in [0.5, 0.6) is 0 Å². The number of aromatic carboxylic acids is 1. The quantitative estimate of drug-likeness (QED) is 0.447. The summed E-state index contributed by atoms with van der Waals surface area (Å²) in [5.41, 5.74) is 2.49. The van der Waals surface area contributed by atoms with Crippen LogP contribution in [0.2, 0.25) is 0 Å². The zero-order chi connectivity index (χ0) is 22.4. The van der Waals surface area contributed by atoms with Gasteiger partial charge in [-0.15, -0.1) is 5.10 Å². The Bertz CT molecular complexity index is 1070. The van der Waals surface area contributed by atoms with Gasteiger partial charge in [0.25, 0.3) is 0 Å². The maximum Gasteiger partial charge on any atom is 0.336 e. The molecular formula is C24H25F2N3O2. The molecule has 2 aromatic carbocycles. The molecule has 0 spiro atoms. The van der Waals surface area contributed by atoms with Crippen molar-refractivity contribution in [3.8, 4) is 11.1 Å². The number of rotatable bonds is 9. The van der Waals surface area contributed by atoms with Crippen LogP contribution < -0.4 is 0 Å². The summed E-state index contributed by atoms with van der Waals surface area (Å²) in [6.45, 7) is 3.93. The molecule has 0 aliphatic rings. The highest BCUT2D eigenvalue weighted by Crippen LogP contribution is 2.31. The molecule has 0 unspecified atom stereocenters. The molecule has 0 aliphatic carbocycles.